The average molecular weight is 1000 g/mol. The maximum absolute atomic E-state index is 12.8. The van der Waals surface area contributed by atoms with Gasteiger partial charge in [0.1, 0.15) is 13.2 Å². The summed E-state index contributed by atoms with van der Waals surface area (Å²) in [7, 11) is 0. The fourth-order valence-corrected chi connectivity index (χ4v) is 8.57. The van der Waals surface area contributed by atoms with E-state index in [0.717, 1.165) is 83.5 Å². The zero-order chi connectivity index (χ0) is 52.2. The molecule has 0 aromatic rings. The van der Waals surface area contributed by atoms with Gasteiger partial charge in [0.15, 0.2) is 6.10 Å². The second kappa shape index (κ2) is 60.1. The van der Waals surface area contributed by atoms with Crippen molar-refractivity contribution in [3.63, 3.8) is 0 Å². The standard InChI is InChI=1S/C66H114O6/c1-4-7-10-13-16-19-22-25-27-28-29-30-31-32-33-34-35-36-37-38-40-41-44-47-50-53-56-59-65(68)71-62-63(61-70-64(67)58-55-52-49-46-43-24-21-18-15-12-9-6-3)72-66(69)60-57-54-51-48-45-42-39-26-23-20-17-14-11-8-5-2/h8,11,17-18,20-21,26,28-29,39,45,48,54,57,63H,4-7,9-10,12-16,19,22-25,27,30-38,40-44,46-47,49-53,55-56,58-62H2,1-3H3/b11-8-,20-17-,21-18-,29-28-,39-26-,48-45-,57-54-. The molecule has 0 aromatic carbocycles. The molecule has 0 amide bonds. The van der Waals surface area contributed by atoms with E-state index in [9.17, 15) is 14.4 Å². The van der Waals surface area contributed by atoms with Crippen LogP contribution in [0.3, 0.4) is 0 Å². The molecule has 0 heterocycles. The quantitative estimate of drug-likeness (QED) is 0.0261. The van der Waals surface area contributed by atoms with Crippen molar-refractivity contribution in [3.8, 4) is 0 Å². The fraction of sp³-hybridized carbons (Fsp3) is 0.742. The summed E-state index contributed by atoms with van der Waals surface area (Å²) in [6, 6.07) is 0. The summed E-state index contributed by atoms with van der Waals surface area (Å²) in [5.41, 5.74) is 0. The smallest absolute Gasteiger partial charge is 0.310 e. The van der Waals surface area contributed by atoms with Crippen LogP contribution in [0, 0.1) is 0 Å². The minimum atomic E-state index is -0.834. The first-order valence-electron chi connectivity index (χ1n) is 30.6. The molecule has 1 atom stereocenters. The largest absolute Gasteiger partial charge is 0.462 e. The Hall–Kier alpha value is -3.41. The van der Waals surface area contributed by atoms with Gasteiger partial charge in [-0.2, -0.15) is 0 Å². The molecule has 0 aliphatic carbocycles. The van der Waals surface area contributed by atoms with Gasteiger partial charge in [-0.3, -0.25) is 14.4 Å². The summed E-state index contributed by atoms with van der Waals surface area (Å²) in [6.07, 6.45) is 79.1. The second-order valence-corrected chi connectivity index (χ2v) is 20.2. The first-order chi connectivity index (χ1) is 35.5. The van der Waals surface area contributed by atoms with Crippen LogP contribution >= 0.6 is 0 Å². The molecular formula is C66H114O6. The zero-order valence-corrected chi connectivity index (χ0v) is 47.4. The molecule has 0 fully saturated rings. The van der Waals surface area contributed by atoms with E-state index < -0.39 is 12.1 Å². The van der Waals surface area contributed by atoms with Gasteiger partial charge >= 0.3 is 17.9 Å². The molecule has 6 nitrogen and oxygen atoms in total. The van der Waals surface area contributed by atoms with Gasteiger partial charge in [0, 0.05) is 12.8 Å². The lowest BCUT2D eigenvalue weighted by molar-refractivity contribution is -0.166. The van der Waals surface area contributed by atoms with Crippen LogP contribution in [-0.4, -0.2) is 37.2 Å². The molecule has 414 valence electrons. The highest BCUT2D eigenvalue weighted by Crippen LogP contribution is 2.16. The van der Waals surface area contributed by atoms with Crippen LogP contribution < -0.4 is 0 Å². The van der Waals surface area contributed by atoms with Crippen molar-refractivity contribution in [2.24, 2.45) is 0 Å². The highest BCUT2D eigenvalue weighted by atomic mass is 16.6. The number of carbonyl (C=O) groups excluding carboxylic acids is 3. The predicted molar refractivity (Wildman–Crippen MR) is 311 cm³/mol. The summed E-state index contributed by atoms with van der Waals surface area (Å²) in [4.78, 5) is 38.1. The van der Waals surface area contributed by atoms with Crippen LogP contribution in [0.1, 0.15) is 297 Å². The third-order valence-electron chi connectivity index (χ3n) is 13.1. The molecule has 0 aromatic heterocycles. The maximum atomic E-state index is 12.8. The van der Waals surface area contributed by atoms with E-state index in [1.54, 1.807) is 6.08 Å². The Morgan fingerprint density at radius 1 is 0.306 bits per heavy atom. The Bertz CT molecular complexity index is 1380. The first-order valence-corrected chi connectivity index (χ1v) is 30.6. The molecule has 0 aliphatic heterocycles. The van der Waals surface area contributed by atoms with Gasteiger partial charge in [0.05, 0.1) is 6.42 Å². The number of ether oxygens (including phenoxy) is 3. The van der Waals surface area contributed by atoms with Crippen LogP contribution in [0.4, 0.5) is 0 Å². The predicted octanol–water partition coefficient (Wildman–Crippen LogP) is 20.7. The molecule has 6 heteroatoms. The Morgan fingerprint density at radius 2 is 0.583 bits per heavy atom. The van der Waals surface area contributed by atoms with E-state index in [-0.39, 0.29) is 31.6 Å². The van der Waals surface area contributed by atoms with E-state index in [1.165, 1.54) is 173 Å². The van der Waals surface area contributed by atoms with Crippen molar-refractivity contribution in [3.05, 3.63) is 85.1 Å². The lowest BCUT2D eigenvalue weighted by Gasteiger charge is -2.18. The fourth-order valence-electron chi connectivity index (χ4n) is 8.57. The summed E-state index contributed by atoms with van der Waals surface area (Å²) < 4.78 is 16.7. The number of rotatable bonds is 55. The Morgan fingerprint density at radius 3 is 0.931 bits per heavy atom. The Labute approximate surface area is 445 Å². The van der Waals surface area contributed by atoms with Crippen molar-refractivity contribution in [2.45, 2.75) is 303 Å². The average Bonchev–Trinajstić information content (AvgIpc) is 3.38. The molecule has 0 N–H and O–H groups in total. The van der Waals surface area contributed by atoms with Gasteiger partial charge in [0.2, 0.25) is 0 Å². The number of carbonyl (C=O) groups is 3. The van der Waals surface area contributed by atoms with Crippen LogP contribution in [0.2, 0.25) is 0 Å². The van der Waals surface area contributed by atoms with Gasteiger partial charge in [0.25, 0.3) is 0 Å². The summed E-state index contributed by atoms with van der Waals surface area (Å²) in [6.45, 7) is 6.43. The molecule has 0 aliphatic rings. The second-order valence-electron chi connectivity index (χ2n) is 20.2. The topological polar surface area (TPSA) is 78.9 Å². The van der Waals surface area contributed by atoms with E-state index >= 15 is 0 Å². The summed E-state index contributed by atoms with van der Waals surface area (Å²) in [5.74, 6) is -1.05. The highest BCUT2D eigenvalue weighted by Gasteiger charge is 2.19. The SMILES string of the molecule is CC/C=C\C/C=C\C/C=C\C/C=C\C/C=C\CC(=O)OC(COC(=O)CCCCCCC/C=C\CCCCC)COC(=O)CCCCCCCCCCCCCCCCC/C=C\CCCCCCCCCC. The molecule has 0 saturated carbocycles. The van der Waals surface area contributed by atoms with Crippen molar-refractivity contribution in [1.29, 1.82) is 0 Å². The molecule has 0 saturated heterocycles. The van der Waals surface area contributed by atoms with Gasteiger partial charge in [-0.25, -0.2) is 0 Å². The molecule has 0 spiro atoms. The van der Waals surface area contributed by atoms with E-state index in [1.807, 2.05) is 6.08 Å². The monoisotopic (exact) mass is 1000 g/mol. The third-order valence-corrected chi connectivity index (χ3v) is 13.1. The van der Waals surface area contributed by atoms with Gasteiger partial charge in [-0.15, -0.1) is 0 Å². The number of unbranched alkanes of at least 4 members (excludes halogenated alkanes) is 31. The highest BCUT2D eigenvalue weighted by molar-refractivity contribution is 5.72. The van der Waals surface area contributed by atoms with Gasteiger partial charge in [-0.05, 0) is 96.3 Å². The van der Waals surface area contributed by atoms with E-state index in [2.05, 4.69) is 93.7 Å². The molecule has 1 unspecified atom stereocenters. The maximum Gasteiger partial charge on any atom is 0.310 e. The van der Waals surface area contributed by atoms with Gasteiger partial charge in [-0.1, -0.05) is 266 Å². The van der Waals surface area contributed by atoms with Gasteiger partial charge < -0.3 is 14.2 Å². The van der Waals surface area contributed by atoms with Crippen LogP contribution in [-0.2, 0) is 28.6 Å². The minimum absolute atomic E-state index is 0.0959. The van der Waals surface area contributed by atoms with Crippen molar-refractivity contribution in [1.82, 2.24) is 0 Å². The van der Waals surface area contributed by atoms with Crippen LogP contribution in [0.25, 0.3) is 0 Å². The third kappa shape index (κ3) is 57.5. The van der Waals surface area contributed by atoms with Crippen molar-refractivity contribution < 1.29 is 28.6 Å². The Kier molecular flexibility index (Phi) is 57.3. The number of hydrogen-bond donors (Lipinski definition) is 0. The molecule has 0 bridgehead atoms. The molecule has 0 rings (SSSR count). The zero-order valence-electron chi connectivity index (χ0n) is 47.4. The minimum Gasteiger partial charge on any atom is -0.462 e. The van der Waals surface area contributed by atoms with Crippen LogP contribution in [0.15, 0.2) is 85.1 Å². The van der Waals surface area contributed by atoms with Crippen molar-refractivity contribution in [2.75, 3.05) is 13.2 Å². The summed E-state index contributed by atoms with van der Waals surface area (Å²) >= 11 is 0. The molecule has 72 heavy (non-hydrogen) atoms. The van der Waals surface area contributed by atoms with Crippen LogP contribution in [0.5, 0.6) is 0 Å². The summed E-state index contributed by atoms with van der Waals surface area (Å²) in [5, 5.41) is 0. The van der Waals surface area contributed by atoms with Crippen molar-refractivity contribution >= 4 is 17.9 Å². The van der Waals surface area contributed by atoms with E-state index in [0.29, 0.717) is 12.8 Å². The lowest BCUT2D eigenvalue weighted by atomic mass is 10.0. The number of allylic oxidation sites excluding steroid dienone is 13. The normalized spacial score (nSPS) is 12.7. The number of hydrogen-bond acceptors (Lipinski definition) is 6. The van der Waals surface area contributed by atoms with E-state index in [4.69, 9.17) is 14.2 Å². The Balaban J connectivity index is 4.28. The number of esters is 3. The molecule has 0 radical (unpaired) electrons. The lowest BCUT2D eigenvalue weighted by Crippen LogP contribution is -2.30. The first kappa shape index (κ1) is 68.6. The molecular weight excluding hydrogens is 889 g/mol.